The van der Waals surface area contributed by atoms with Crippen molar-refractivity contribution in [1.29, 1.82) is 5.26 Å². The van der Waals surface area contributed by atoms with E-state index in [-0.39, 0.29) is 12.5 Å². The van der Waals surface area contributed by atoms with Gasteiger partial charge in [0.1, 0.15) is 18.4 Å². The molecule has 19 heavy (non-hydrogen) atoms. The van der Waals surface area contributed by atoms with Crippen LogP contribution in [0.4, 0.5) is 5.82 Å². The summed E-state index contributed by atoms with van der Waals surface area (Å²) in [7, 11) is 1.34. The van der Waals surface area contributed by atoms with Gasteiger partial charge in [0.15, 0.2) is 0 Å². The van der Waals surface area contributed by atoms with Gasteiger partial charge in [-0.1, -0.05) is 25.4 Å². The summed E-state index contributed by atoms with van der Waals surface area (Å²) >= 11 is 6.11. The number of esters is 1. The van der Waals surface area contributed by atoms with Gasteiger partial charge in [-0.25, -0.2) is 4.98 Å². The first-order valence-electron chi connectivity index (χ1n) is 5.85. The molecule has 102 valence electrons. The van der Waals surface area contributed by atoms with E-state index in [1.165, 1.54) is 19.4 Å². The molecule has 0 aromatic carbocycles. The van der Waals surface area contributed by atoms with Crippen LogP contribution in [-0.2, 0) is 9.53 Å². The van der Waals surface area contributed by atoms with Gasteiger partial charge in [-0.05, 0) is 12.0 Å². The second kappa shape index (κ2) is 6.95. The van der Waals surface area contributed by atoms with Crippen molar-refractivity contribution in [3.05, 3.63) is 22.8 Å². The van der Waals surface area contributed by atoms with Gasteiger partial charge in [0.25, 0.3) is 0 Å². The highest BCUT2D eigenvalue weighted by Crippen LogP contribution is 2.24. The minimum atomic E-state index is -0.358. The van der Waals surface area contributed by atoms with Gasteiger partial charge in [-0.2, -0.15) is 5.26 Å². The maximum atomic E-state index is 11.4. The minimum Gasteiger partial charge on any atom is -0.468 e. The summed E-state index contributed by atoms with van der Waals surface area (Å²) in [4.78, 5) is 17.3. The van der Waals surface area contributed by atoms with Crippen molar-refractivity contribution in [3.8, 4) is 6.07 Å². The normalized spacial score (nSPS) is 10.1. The predicted octanol–water partition coefficient (Wildman–Crippen LogP) is 2.24. The van der Waals surface area contributed by atoms with Crippen LogP contribution in [0.15, 0.2) is 12.3 Å². The Bertz CT molecular complexity index is 497. The first-order chi connectivity index (χ1) is 8.97. The average Bonchev–Trinajstić information content (AvgIpc) is 2.37. The minimum absolute atomic E-state index is 0.0767. The lowest BCUT2D eigenvalue weighted by molar-refractivity contribution is -0.139. The van der Waals surface area contributed by atoms with Crippen LogP contribution in [-0.4, -0.2) is 31.2 Å². The van der Waals surface area contributed by atoms with Crippen LogP contribution in [0.3, 0.4) is 0 Å². The molecule has 0 saturated carbocycles. The Morgan fingerprint density at radius 2 is 2.32 bits per heavy atom. The lowest BCUT2D eigenvalue weighted by Gasteiger charge is -2.25. The number of anilines is 1. The Morgan fingerprint density at radius 3 is 2.79 bits per heavy atom. The summed E-state index contributed by atoms with van der Waals surface area (Å²) in [6.45, 7) is 4.75. The summed E-state index contributed by atoms with van der Waals surface area (Å²) in [5.74, 6) is 0.459. The van der Waals surface area contributed by atoms with Crippen LogP contribution < -0.4 is 4.90 Å². The molecule has 0 bridgehead atoms. The Balaban J connectivity index is 3.03. The van der Waals surface area contributed by atoms with Crippen molar-refractivity contribution in [2.24, 2.45) is 5.92 Å². The number of pyridine rings is 1. The Kier molecular flexibility index (Phi) is 5.58. The van der Waals surface area contributed by atoms with Crippen LogP contribution >= 0.6 is 11.6 Å². The number of aromatic nitrogens is 1. The van der Waals surface area contributed by atoms with E-state index in [1.807, 2.05) is 19.9 Å². The highest BCUT2D eigenvalue weighted by Gasteiger charge is 2.17. The van der Waals surface area contributed by atoms with Gasteiger partial charge in [0.05, 0.1) is 17.7 Å². The molecule has 1 heterocycles. The number of nitriles is 1. The van der Waals surface area contributed by atoms with Crippen molar-refractivity contribution < 1.29 is 9.53 Å². The smallest absolute Gasteiger partial charge is 0.325 e. The molecule has 0 spiro atoms. The fourth-order valence-corrected chi connectivity index (χ4v) is 1.90. The zero-order valence-electron chi connectivity index (χ0n) is 11.2. The van der Waals surface area contributed by atoms with Gasteiger partial charge in [-0.15, -0.1) is 0 Å². The first kappa shape index (κ1) is 15.3. The van der Waals surface area contributed by atoms with Crippen LogP contribution in [0.5, 0.6) is 0 Å². The maximum absolute atomic E-state index is 11.4. The van der Waals surface area contributed by atoms with Gasteiger partial charge < -0.3 is 9.64 Å². The summed E-state index contributed by atoms with van der Waals surface area (Å²) in [5, 5.41) is 9.13. The van der Waals surface area contributed by atoms with Gasteiger partial charge >= 0.3 is 5.97 Å². The van der Waals surface area contributed by atoms with Gasteiger partial charge in [-0.3, -0.25) is 4.79 Å². The summed E-state index contributed by atoms with van der Waals surface area (Å²) < 4.78 is 4.66. The first-order valence-corrected chi connectivity index (χ1v) is 6.23. The summed E-state index contributed by atoms with van der Waals surface area (Å²) in [5.41, 5.74) is 0.385. The van der Waals surface area contributed by atoms with E-state index in [0.29, 0.717) is 28.9 Å². The second-order valence-corrected chi connectivity index (χ2v) is 4.90. The highest BCUT2D eigenvalue weighted by molar-refractivity contribution is 6.33. The molecule has 0 unspecified atom stereocenters. The molecular formula is C13H16ClN3O2. The van der Waals surface area contributed by atoms with Crippen LogP contribution in [0.2, 0.25) is 5.02 Å². The number of nitrogens with zero attached hydrogens (tertiary/aromatic N) is 3. The molecule has 0 aliphatic rings. The maximum Gasteiger partial charge on any atom is 0.325 e. The van der Waals surface area contributed by atoms with Crippen molar-refractivity contribution >= 4 is 23.4 Å². The van der Waals surface area contributed by atoms with E-state index in [0.717, 1.165) is 0 Å². The van der Waals surface area contributed by atoms with E-state index >= 15 is 0 Å². The Hall–Kier alpha value is -1.80. The van der Waals surface area contributed by atoms with Crippen LogP contribution in [0.25, 0.3) is 0 Å². The third kappa shape index (κ3) is 4.42. The number of methoxy groups -OCH3 is 1. The molecule has 1 rings (SSSR count). The van der Waals surface area contributed by atoms with Crippen molar-refractivity contribution in [3.63, 3.8) is 0 Å². The molecule has 0 radical (unpaired) electrons. The molecule has 0 saturated heterocycles. The van der Waals surface area contributed by atoms with Crippen LogP contribution in [0, 0.1) is 17.2 Å². The standard InChI is InChI=1S/C13H16ClN3O2/c1-9(2)7-17(8-12(18)19-3)13-11(14)4-10(5-15)6-16-13/h4,6,9H,7-8H2,1-3H3. The summed E-state index contributed by atoms with van der Waals surface area (Å²) in [6, 6.07) is 3.51. The molecular weight excluding hydrogens is 266 g/mol. The molecule has 6 heteroatoms. The second-order valence-electron chi connectivity index (χ2n) is 4.49. The molecule has 0 N–H and O–H groups in total. The largest absolute Gasteiger partial charge is 0.468 e. The third-order valence-corrected chi connectivity index (χ3v) is 2.66. The predicted molar refractivity (Wildman–Crippen MR) is 73.0 cm³/mol. The average molecular weight is 282 g/mol. The lowest BCUT2D eigenvalue weighted by Crippen LogP contribution is -2.34. The summed E-state index contributed by atoms with van der Waals surface area (Å²) in [6.07, 6.45) is 1.44. The molecule has 0 amide bonds. The van der Waals surface area contributed by atoms with Gasteiger partial charge in [0.2, 0.25) is 0 Å². The topological polar surface area (TPSA) is 66.2 Å². The molecule has 5 nitrogen and oxygen atoms in total. The molecule has 0 atom stereocenters. The number of carbonyl (C=O) groups excluding carboxylic acids is 1. The van der Waals surface area contributed by atoms with E-state index in [4.69, 9.17) is 16.9 Å². The van der Waals surface area contributed by atoms with Crippen molar-refractivity contribution in [1.82, 2.24) is 4.98 Å². The number of hydrogen-bond acceptors (Lipinski definition) is 5. The third-order valence-electron chi connectivity index (χ3n) is 2.38. The Labute approximate surface area is 117 Å². The van der Waals surface area contributed by atoms with E-state index < -0.39 is 0 Å². The zero-order valence-corrected chi connectivity index (χ0v) is 11.9. The highest BCUT2D eigenvalue weighted by atomic mass is 35.5. The van der Waals surface area contributed by atoms with Crippen molar-refractivity contribution in [2.45, 2.75) is 13.8 Å². The monoisotopic (exact) mass is 281 g/mol. The molecule has 0 fully saturated rings. The van der Waals surface area contributed by atoms with E-state index in [1.54, 1.807) is 4.90 Å². The number of rotatable bonds is 5. The molecule has 0 aliphatic carbocycles. The molecule has 1 aromatic heterocycles. The van der Waals surface area contributed by atoms with Crippen molar-refractivity contribution in [2.75, 3.05) is 25.1 Å². The number of halogens is 1. The fourth-order valence-electron chi connectivity index (χ4n) is 1.61. The SMILES string of the molecule is COC(=O)CN(CC(C)C)c1ncc(C#N)cc1Cl. The number of carbonyl (C=O) groups is 1. The fraction of sp³-hybridized carbons (Fsp3) is 0.462. The zero-order chi connectivity index (χ0) is 14.4. The van der Waals surface area contributed by atoms with E-state index in [2.05, 4.69) is 9.72 Å². The Morgan fingerprint density at radius 1 is 1.63 bits per heavy atom. The van der Waals surface area contributed by atoms with Crippen LogP contribution in [0.1, 0.15) is 19.4 Å². The lowest BCUT2D eigenvalue weighted by atomic mass is 10.2. The molecule has 1 aromatic rings. The number of ether oxygens (including phenoxy) is 1. The van der Waals surface area contributed by atoms with E-state index in [9.17, 15) is 4.79 Å². The quantitative estimate of drug-likeness (QED) is 0.775. The van der Waals surface area contributed by atoms with Gasteiger partial charge in [0, 0.05) is 12.7 Å². The number of hydrogen-bond donors (Lipinski definition) is 0. The molecule has 0 aliphatic heterocycles.